The maximum absolute atomic E-state index is 5.03. The summed E-state index contributed by atoms with van der Waals surface area (Å²) in [4.78, 5) is 0. The molecule has 0 amide bonds. The Morgan fingerprint density at radius 3 is 1.83 bits per heavy atom. The van der Waals surface area contributed by atoms with Crippen LogP contribution in [0, 0.1) is 0 Å². The predicted molar refractivity (Wildman–Crippen MR) is 45.7 cm³/mol. The molecule has 0 spiro atoms. The van der Waals surface area contributed by atoms with Crippen LogP contribution in [0.3, 0.4) is 0 Å². The van der Waals surface area contributed by atoms with Gasteiger partial charge in [-0.25, -0.2) is 0 Å². The van der Waals surface area contributed by atoms with E-state index in [1.165, 1.54) is 14.2 Å². The van der Waals surface area contributed by atoms with Crippen molar-refractivity contribution in [2.75, 3.05) is 40.5 Å². The third kappa shape index (κ3) is 7.90. The standard InChI is InChI=1S/C4H9NO.C3H9NO2/c1-3-6-4-2-5-1;1-5-3(4)6-2/h5H,1-4H2;3H,4H2,1-2H3. The van der Waals surface area contributed by atoms with E-state index in [-0.39, 0.29) is 0 Å². The van der Waals surface area contributed by atoms with Crippen LogP contribution in [0.4, 0.5) is 0 Å². The van der Waals surface area contributed by atoms with Gasteiger partial charge in [-0.05, 0) is 0 Å². The first-order valence-electron chi connectivity index (χ1n) is 3.91. The van der Waals surface area contributed by atoms with Crippen LogP contribution in [0.2, 0.25) is 0 Å². The van der Waals surface area contributed by atoms with E-state index in [9.17, 15) is 0 Å². The number of nitrogens with two attached hydrogens (primary N) is 1. The lowest BCUT2D eigenvalue weighted by Crippen LogP contribution is -2.30. The zero-order valence-corrected chi connectivity index (χ0v) is 7.71. The van der Waals surface area contributed by atoms with E-state index in [1.54, 1.807) is 0 Å². The maximum Gasteiger partial charge on any atom is 0.212 e. The summed E-state index contributed by atoms with van der Waals surface area (Å²) in [6.45, 7) is 3.83. The lowest BCUT2D eigenvalue weighted by Gasteiger charge is -2.10. The molecule has 0 bridgehead atoms. The minimum atomic E-state index is -0.565. The number of morpholine rings is 1. The summed E-state index contributed by atoms with van der Waals surface area (Å²) in [5.41, 5.74) is 5.03. The highest BCUT2D eigenvalue weighted by molar-refractivity contribution is 4.49. The average Bonchev–Trinajstić information content (AvgIpc) is 2.20. The van der Waals surface area contributed by atoms with Crippen molar-refractivity contribution in [1.82, 2.24) is 5.32 Å². The number of methoxy groups -OCH3 is 2. The molecule has 5 nitrogen and oxygen atoms in total. The zero-order chi connectivity index (χ0) is 9.23. The van der Waals surface area contributed by atoms with Gasteiger partial charge in [0.05, 0.1) is 13.2 Å². The van der Waals surface area contributed by atoms with Crippen molar-refractivity contribution in [3.63, 3.8) is 0 Å². The molecular formula is C7H18N2O3. The molecule has 74 valence electrons. The fourth-order valence-electron chi connectivity index (χ4n) is 0.612. The largest absolute Gasteiger partial charge is 0.379 e. The summed E-state index contributed by atoms with van der Waals surface area (Å²) < 4.78 is 13.9. The molecule has 0 atom stereocenters. The summed E-state index contributed by atoms with van der Waals surface area (Å²) in [5.74, 6) is 0. The molecule has 0 unspecified atom stereocenters. The lowest BCUT2D eigenvalue weighted by atomic mass is 10.5. The van der Waals surface area contributed by atoms with Gasteiger partial charge in [0.1, 0.15) is 0 Å². The van der Waals surface area contributed by atoms with Gasteiger partial charge in [-0.2, -0.15) is 0 Å². The molecule has 0 radical (unpaired) electrons. The summed E-state index contributed by atoms with van der Waals surface area (Å²) >= 11 is 0. The summed E-state index contributed by atoms with van der Waals surface area (Å²) in [7, 11) is 2.96. The number of hydrogen-bond donors (Lipinski definition) is 2. The van der Waals surface area contributed by atoms with E-state index in [2.05, 4.69) is 14.8 Å². The molecule has 1 aliphatic heterocycles. The normalized spacial score (nSPS) is 17.0. The average molecular weight is 178 g/mol. The number of rotatable bonds is 2. The molecule has 1 saturated heterocycles. The van der Waals surface area contributed by atoms with E-state index < -0.39 is 6.41 Å². The van der Waals surface area contributed by atoms with E-state index in [0.29, 0.717) is 0 Å². The minimum Gasteiger partial charge on any atom is -0.379 e. The molecule has 1 fully saturated rings. The van der Waals surface area contributed by atoms with Gasteiger partial charge < -0.3 is 19.5 Å². The highest BCUT2D eigenvalue weighted by Gasteiger charge is 1.93. The topological polar surface area (TPSA) is 65.7 Å². The van der Waals surface area contributed by atoms with E-state index >= 15 is 0 Å². The Balaban J connectivity index is 0.000000202. The first-order chi connectivity index (χ1) is 5.81. The van der Waals surface area contributed by atoms with Crippen molar-refractivity contribution in [2.45, 2.75) is 6.41 Å². The van der Waals surface area contributed by atoms with Crippen molar-refractivity contribution in [2.24, 2.45) is 5.73 Å². The van der Waals surface area contributed by atoms with Crippen LogP contribution in [0.15, 0.2) is 0 Å². The molecule has 12 heavy (non-hydrogen) atoms. The molecule has 1 aliphatic rings. The van der Waals surface area contributed by atoms with Gasteiger partial charge in [0.25, 0.3) is 0 Å². The maximum atomic E-state index is 5.03. The number of nitrogens with one attached hydrogen (secondary N) is 1. The summed E-state index contributed by atoms with van der Waals surface area (Å²) in [6.07, 6.45) is -0.565. The molecule has 0 aromatic carbocycles. The predicted octanol–water partition coefficient (Wildman–Crippen LogP) is -0.872. The molecule has 1 rings (SSSR count). The quantitative estimate of drug-likeness (QED) is 0.538. The molecule has 0 aromatic heterocycles. The van der Waals surface area contributed by atoms with E-state index in [4.69, 9.17) is 10.5 Å². The molecule has 3 N–H and O–H groups in total. The van der Waals surface area contributed by atoms with E-state index in [0.717, 1.165) is 26.3 Å². The van der Waals surface area contributed by atoms with Crippen molar-refractivity contribution in [3.8, 4) is 0 Å². The Kier molecular flexibility index (Phi) is 8.74. The zero-order valence-electron chi connectivity index (χ0n) is 7.71. The first kappa shape index (κ1) is 11.8. The minimum absolute atomic E-state index is 0.565. The highest BCUT2D eigenvalue weighted by atomic mass is 16.7. The van der Waals surface area contributed by atoms with E-state index in [1.807, 2.05) is 0 Å². The lowest BCUT2D eigenvalue weighted by molar-refractivity contribution is -0.0966. The van der Waals surface area contributed by atoms with Crippen molar-refractivity contribution >= 4 is 0 Å². The van der Waals surface area contributed by atoms with Gasteiger partial charge in [0.15, 0.2) is 0 Å². The van der Waals surface area contributed by atoms with Crippen molar-refractivity contribution in [3.05, 3.63) is 0 Å². The Morgan fingerprint density at radius 2 is 1.75 bits per heavy atom. The second-order valence-corrected chi connectivity index (χ2v) is 2.20. The van der Waals surface area contributed by atoms with Gasteiger partial charge in [-0.15, -0.1) is 0 Å². The van der Waals surface area contributed by atoms with Crippen LogP contribution >= 0.6 is 0 Å². The van der Waals surface area contributed by atoms with Crippen LogP contribution in [0.25, 0.3) is 0 Å². The Morgan fingerprint density at radius 1 is 1.25 bits per heavy atom. The van der Waals surface area contributed by atoms with Crippen LogP contribution in [0.1, 0.15) is 0 Å². The molecule has 5 heteroatoms. The number of ether oxygens (including phenoxy) is 3. The smallest absolute Gasteiger partial charge is 0.212 e. The molecule has 0 aromatic rings. The first-order valence-corrected chi connectivity index (χ1v) is 3.91. The molecule has 1 heterocycles. The van der Waals surface area contributed by atoms with Crippen LogP contribution in [-0.4, -0.2) is 46.9 Å². The van der Waals surface area contributed by atoms with Crippen LogP contribution in [-0.2, 0) is 14.2 Å². The summed E-state index contributed by atoms with van der Waals surface area (Å²) in [6, 6.07) is 0. The van der Waals surface area contributed by atoms with Gasteiger partial charge in [0, 0.05) is 27.3 Å². The monoisotopic (exact) mass is 178 g/mol. The van der Waals surface area contributed by atoms with Gasteiger partial charge >= 0.3 is 0 Å². The third-order valence-electron chi connectivity index (χ3n) is 1.31. The fourth-order valence-corrected chi connectivity index (χ4v) is 0.612. The number of hydrogen-bond acceptors (Lipinski definition) is 5. The van der Waals surface area contributed by atoms with Crippen LogP contribution < -0.4 is 11.1 Å². The molecule has 0 aliphatic carbocycles. The fraction of sp³-hybridized carbons (Fsp3) is 1.00. The Labute approximate surface area is 73.2 Å². The van der Waals surface area contributed by atoms with Crippen LogP contribution in [0.5, 0.6) is 0 Å². The van der Waals surface area contributed by atoms with Gasteiger partial charge in [-0.1, -0.05) is 0 Å². The highest BCUT2D eigenvalue weighted by Crippen LogP contribution is 1.76. The molecular weight excluding hydrogens is 160 g/mol. The van der Waals surface area contributed by atoms with Crippen molar-refractivity contribution < 1.29 is 14.2 Å². The SMILES string of the molecule is C1COCCN1.COC(N)OC. The second-order valence-electron chi connectivity index (χ2n) is 2.20. The molecule has 0 saturated carbocycles. The van der Waals surface area contributed by atoms with Gasteiger partial charge in [-0.3, -0.25) is 5.73 Å². The Bertz CT molecular complexity index is 73.2. The Hall–Kier alpha value is -0.200. The second kappa shape index (κ2) is 8.89. The van der Waals surface area contributed by atoms with Gasteiger partial charge in [0.2, 0.25) is 6.41 Å². The van der Waals surface area contributed by atoms with Crippen molar-refractivity contribution in [1.29, 1.82) is 0 Å². The third-order valence-corrected chi connectivity index (χ3v) is 1.31. The summed E-state index contributed by atoms with van der Waals surface area (Å²) in [5, 5.41) is 3.16.